The standard InChI is InChI=1S/C29H30F2N4O5S/c1-18-15-35(19(2)17-36)41(38,39)28-10-7-22(21-6-4-5-20(11-21)14-32)12-26(28)40-27(18)16-34(3)29(37)33-25-13-23(30)8-9-24(25)31/h4-13,18-19,27,36H,15-17H2,1-3H3,(H,33,37)/t18-,19+,27-/m0/s1. The van der Waals surface area contributed by atoms with Crippen LogP contribution in [0.15, 0.2) is 65.6 Å². The maximum absolute atomic E-state index is 14.1. The van der Waals surface area contributed by atoms with Crippen LogP contribution in [0.4, 0.5) is 19.3 Å². The molecule has 216 valence electrons. The SMILES string of the molecule is C[C@H](CO)N1C[C@H](C)[C@H](CN(C)C(=O)Nc2cc(F)ccc2F)Oc2cc(-c3cccc(C#N)c3)ccc2S1(=O)=O. The highest BCUT2D eigenvalue weighted by Crippen LogP contribution is 2.36. The van der Waals surface area contributed by atoms with Gasteiger partial charge >= 0.3 is 6.03 Å². The van der Waals surface area contributed by atoms with E-state index in [1.807, 2.05) is 0 Å². The minimum atomic E-state index is -4.09. The van der Waals surface area contributed by atoms with E-state index in [0.717, 1.165) is 18.2 Å². The number of benzene rings is 3. The first kappa shape index (κ1) is 29.9. The molecule has 4 rings (SSSR count). The first-order chi connectivity index (χ1) is 19.4. The molecule has 2 amide bonds. The van der Waals surface area contributed by atoms with Crippen LogP contribution in [-0.4, -0.2) is 67.7 Å². The van der Waals surface area contributed by atoms with Crippen LogP contribution in [-0.2, 0) is 10.0 Å². The maximum Gasteiger partial charge on any atom is 0.321 e. The molecule has 0 radical (unpaired) electrons. The number of anilines is 1. The molecular weight excluding hydrogens is 554 g/mol. The topological polar surface area (TPSA) is 123 Å². The summed E-state index contributed by atoms with van der Waals surface area (Å²) in [6, 6.07) is 14.8. The number of hydrogen-bond acceptors (Lipinski definition) is 6. The second-order valence-corrected chi connectivity index (χ2v) is 11.9. The molecule has 0 bridgehead atoms. The molecule has 9 nitrogen and oxygen atoms in total. The molecule has 41 heavy (non-hydrogen) atoms. The Bertz CT molecular complexity index is 1590. The van der Waals surface area contributed by atoms with Crippen LogP contribution < -0.4 is 10.1 Å². The lowest BCUT2D eigenvalue weighted by Gasteiger charge is -2.37. The Morgan fingerprint density at radius 2 is 1.93 bits per heavy atom. The van der Waals surface area contributed by atoms with Crippen molar-refractivity contribution in [3.63, 3.8) is 0 Å². The van der Waals surface area contributed by atoms with Crippen molar-refractivity contribution in [3.8, 4) is 22.9 Å². The van der Waals surface area contributed by atoms with Crippen LogP contribution >= 0.6 is 0 Å². The molecule has 3 aromatic rings. The summed E-state index contributed by atoms with van der Waals surface area (Å²) in [5.74, 6) is -1.93. The predicted octanol–water partition coefficient (Wildman–Crippen LogP) is 4.44. The summed E-state index contributed by atoms with van der Waals surface area (Å²) >= 11 is 0. The van der Waals surface area contributed by atoms with Crippen molar-refractivity contribution in [1.29, 1.82) is 5.26 Å². The summed E-state index contributed by atoms with van der Waals surface area (Å²) in [5, 5.41) is 21.5. The number of halogens is 2. The molecule has 0 spiro atoms. The predicted molar refractivity (Wildman–Crippen MR) is 149 cm³/mol. The normalized spacial score (nSPS) is 19.0. The number of sulfonamides is 1. The molecule has 0 fully saturated rings. The molecule has 0 unspecified atom stereocenters. The number of amides is 2. The molecule has 0 aromatic heterocycles. The minimum Gasteiger partial charge on any atom is -0.487 e. The smallest absolute Gasteiger partial charge is 0.321 e. The van der Waals surface area contributed by atoms with E-state index in [2.05, 4.69) is 11.4 Å². The third kappa shape index (κ3) is 6.48. The number of aliphatic hydroxyl groups excluding tert-OH is 1. The van der Waals surface area contributed by atoms with Gasteiger partial charge in [-0.05, 0) is 54.4 Å². The number of aliphatic hydroxyl groups is 1. The summed E-state index contributed by atoms with van der Waals surface area (Å²) in [6.45, 7) is 2.91. The highest BCUT2D eigenvalue weighted by Gasteiger charge is 2.38. The van der Waals surface area contributed by atoms with E-state index < -0.39 is 52.4 Å². The lowest BCUT2D eigenvalue weighted by molar-refractivity contribution is 0.0830. The molecule has 1 aliphatic heterocycles. The fraction of sp³-hybridized carbons (Fsp3) is 0.310. The molecular formula is C29H30F2N4O5S. The Balaban J connectivity index is 1.71. The van der Waals surface area contributed by atoms with Gasteiger partial charge in [-0.15, -0.1) is 0 Å². The number of ether oxygens (including phenoxy) is 1. The fourth-order valence-electron chi connectivity index (χ4n) is 4.55. The number of fused-ring (bicyclic) bond motifs is 1. The number of nitriles is 1. The second kappa shape index (κ2) is 12.2. The van der Waals surface area contributed by atoms with Gasteiger partial charge in [-0.2, -0.15) is 9.57 Å². The van der Waals surface area contributed by atoms with Crippen molar-refractivity contribution < 1.29 is 31.8 Å². The Morgan fingerprint density at radius 3 is 2.63 bits per heavy atom. The number of urea groups is 1. The molecule has 0 saturated heterocycles. The van der Waals surface area contributed by atoms with Crippen LogP contribution in [0, 0.1) is 28.9 Å². The quantitative estimate of drug-likeness (QED) is 0.442. The zero-order valence-electron chi connectivity index (χ0n) is 22.7. The Morgan fingerprint density at radius 1 is 1.20 bits per heavy atom. The van der Waals surface area contributed by atoms with Crippen molar-refractivity contribution in [1.82, 2.24) is 9.21 Å². The van der Waals surface area contributed by atoms with Gasteiger partial charge < -0.3 is 20.1 Å². The average molecular weight is 585 g/mol. The summed E-state index contributed by atoms with van der Waals surface area (Å²) in [4.78, 5) is 14.0. The Kier molecular flexibility index (Phi) is 8.92. The van der Waals surface area contributed by atoms with E-state index in [9.17, 15) is 32.4 Å². The van der Waals surface area contributed by atoms with Crippen LogP contribution in [0.3, 0.4) is 0 Å². The summed E-state index contributed by atoms with van der Waals surface area (Å²) in [6.07, 6.45) is -0.730. The number of nitrogens with zero attached hydrogens (tertiary/aromatic N) is 3. The van der Waals surface area contributed by atoms with Crippen molar-refractivity contribution >= 4 is 21.7 Å². The Hall–Kier alpha value is -4.05. The number of rotatable bonds is 6. The second-order valence-electron chi connectivity index (χ2n) is 10.0. The van der Waals surface area contributed by atoms with Gasteiger partial charge in [0.1, 0.15) is 28.4 Å². The van der Waals surface area contributed by atoms with Gasteiger partial charge in [-0.1, -0.05) is 25.1 Å². The van der Waals surface area contributed by atoms with Crippen LogP contribution in [0.1, 0.15) is 19.4 Å². The van der Waals surface area contributed by atoms with Gasteiger partial charge in [0.25, 0.3) is 0 Å². The molecule has 0 saturated carbocycles. The van der Waals surface area contributed by atoms with Gasteiger partial charge in [-0.3, -0.25) is 0 Å². The molecule has 1 heterocycles. The molecule has 3 aromatic carbocycles. The first-order valence-corrected chi connectivity index (χ1v) is 14.3. The van der Waals surface area contributed by atoms with Crippen molar-refractivity contribution in [2.24, 2.45) is 5.92 Å². The van der Waals surface area contributed by atoms with E-state index in [1.54, 1.807) is 50.2 Å². The van der Waals surface area contributed by atoms with Crippen molar-refractivity contribution in [2.45, 2.75) is 30.9 Å². The van der Waals surface area contributed by atoms with Gasteiger partial charge in [0.15, 0.2) is 0 Å². The van der Waals surface area contributed by atoms with E-state index in [1.165, 1.54) is 22.3 Å². The highest BCUT2D eigenvalue weighted by molar-refractivity contribution is 7.89. The monoisotopic (exact) mass is 584 g/mol. The van der Waals surface area contributed by atoms with Crippen molar-refractivity contribution in [3.05, 3.63) is 77.9 Å². The minimum absolute atomic E-state index is 0.00584. The van der Waals surface area contributed by atoms with Gasteiger partial charge in [0.2, 0.25) is 10.0 Å². The molecule has 2 N–H and O–H groups in total. The van der Waals surface area contributed by atoms with E-state index in [0.29, 0.717) is 16.7 Å². The van der Waals surface area contributed by atoms with Crippen LogP contribution in [0.5, 0.6) is 5.75 Å². The fourth-order valence-corrected chi connectivity index (χ4v) is 6.37. The number of likely N-dealkylation sites (N-methyl/N-ethyl adjacent to an activating group) is 1. The lowest BCUT2D eigenvalue weighted by Crippen LogP contribution is -2.50. The summed E-state index contributed by atoms with van der Waals surface area (Å²) in [7, 11) is -2.64. The lowest BCUT2D eigenvalue weighted by atomic mass is 10.0. The molecule has 3 atom stereocenters. The summed E-state index contributed by atoms with van der Waals surface area (Å²) in [5.41, 5.74) is 1.39. The first-order valence-electron chi connectivity index (χ1n) is 12.9. The molecule has 0 aliphatic carbocycles. The zero-order valence-corrected chi connectivity index (χ0v) is 23.5. The van der Waals surface area contributed by atoms with Gasteiger partial charge in [-0.25, -0.2) is 22.0 Å². The largest absolute Gasteiger partial charge is 0.487 e. The van der Waals surface area contributed by atoms with Gasteiger partial charge in [0.05, 0.1) is 30.5 Å². The van der Waals surface area contributed by atoms with E-state index >= 15 is 0 Å². The third-order valence-corrected chi connectivity index (χ3v) is 8.98. The zero-order chi connectivity index (χ0) is 29.9. The number of nitrogens with one attached hydrogen (secondary N) is 1. The average Bonchev–Trinajstić information content (AvgIpc) is 2.96. The molecule has 12 heteroatoms. The van der Waals surface area contributed by atoms with Gasteiger partial charge in [0, 0.05) is 31.6 Å². The van der Waals surface area contributed by atoms with Crippen LogP contribution in [0.2, 0.25) is 0 Å². The molecule has 1 aliphatic rings. The number of hydrogen-bond donors (Lipinski definition) is 2. The third-order valence-electron chi connectivity index (χ3n) is 6.96. The highest BCUT2D eigenvalue weighted by atomic mass is 32.2. The van der Waals surface area contributed by atoms with Crippen molar-refractivity contribution in [2.75, 3.05) is 32.1 Å². The van der Waals surface area contributed by atoms with E-state index in [4.69, 9.17) is 4.74 Å². The number of carbonyl (C=O) groups is 1. The maximum atomic E-state index is 14.1. The number of carbonyl (C=O) groups excluding carboxylic acids is 1. The van der Waals surface area contributed by atoms with Crippen LogP contribution in [0.25, 0.3) is 11.1 Å². The Labute approximate surface area is 237 Å². The summed E-state index contributed by atoms with van der Waals surface area (Å²) < 4.78 is 62.6. The van der Waals surface area contributed by atoms with E-state index in [-0.39, 0.29) is 29.4 Å².